The van der Waals surface area contributed by atoms with E-state index in [1.54, 1.807) is 32.0 Å². The lowest BCUT2D eigenvalue weighted by atomic mass is 9.85. The molecule has 1 N–H and O–H groups in total. The van der Waals surface area contributed by atoms with Crippen LogP contribution >= 0.6 is 23.2 Å². The number of fused-ring (bicyclic) bond motifs is 1. The van der Waals surface area contributed by atoms with E-state index >= 15 is 0 Å². The van der Waals surface area contributed by atoms with Gasteiger partial charge in [0, 0.05) is 36.1 Å². The molecule has 0 unspecified atom stereocenters. The van der Waals surface area contributed by atoms with E-state index in [-0.39, 0.29) is 55.0 Å². The van der Waals surface area contributed by atoms with Gasteiger partial charge in [-0.3, -0.25) is 24.1 Å². The molecule has 1 fully saturated rings. The van der Waals surface area contributed by atoms with Gasteiger partial charge in [0.15, 0.2) is 0 Å². The Labute approximate surface area is 197 Å². The molecule has 172 valence electrons. The van der Waals surface area contributed by atoms with Crippen LogP contribution in [0, 0.1) is 11.8 Å². The average molecular weight is 480 g/mol. The quantitative estimate of drug-likeness (QED) is 0.458. The van der Waals surface area contributed by atoms with Crippen molar-refractivity contribution in [3.8, 4) is 0 Å². The number of imide groups is 1. The largest absolute Gasteiger partial charge is 0.355 e. The summed E-state index contributed by atoms with van der Waals surface area (Å²) in [4.78, 5) is 53.6. The van der Waals surface area contributed by atoms with E-state index in [1.165, 1.54) is 9.80 Å². The van der Waals surface area contributed by atoms with Gasteiger partial charge < -0.3 is 10.2 Å². The highest BCUT2D eigenvalue weighted by Crippen LogP contribution is 2.35. The number of hydrogen-bond donors (Lipinski definition) is 1. The number of hydrogen-bond acceptors (Lipinski definition) is 4. The van der Waals surface area contributed by atoms with Crippen molar-refractivity contribution >= 4 is 46.8 Å². The Balaban J connectivity index is 1.73. The molecule has 1 aliphatic heterocycles. The minimum Gasteiger partial charge on any atom is -0.355 e. The summed E-state index contributed by atoms with van der Waals surface area (Å²) in [6, 6.07) is 4.20. The van der Waals surface area contributed by atoms with Gasteiger partial charge in [0.05, 0.1) is 11.8 Å². The molecule has 0 radical (unpaired) electrons. The zero-order chi connectivity index (χ0) is 23.4. The van der Waals surface area contributed by atoms with E-state index < -0.39 is 6.04 Å². The smallest absolute Gasteiger partial charge is 0.242 e. The Hall–Kier alpha value is -2.38. The molecule has 1 aromatic rings. The van der Waals surface area contributed by atoms with Gasteiger partial charge in [0.25, 0.3) is 0 Å². The van der Waals surface area contributed by atoms with Gasteiger partial charge in [-0.05, 0) is 44.4 Å². The summed E-state index contributed by atoms with van der Waals surface area (Å²) in [5.41, 5.74) is 0.644. The molecule has 4 amide bonds. The van der Waals surface area contributed by atoms with Crippen LogP contribution in [-0.2, 0) is 25.7 Å². The van der Waals surface area contributed by atoms with E-state index in [0.29, 0.717) is 35.0 Å². The molecule has 0 bridgehead atoms. The van der Waals surface area contributed by atoms with Crippen molar-refractivity contribution in [3.05, 3.63) is 46.0 Å². The summed E-state index contributed by atoms with van der Waals surface area (Å²) in [5.74, 6) is -1.75. The second kappa shape index (κ2) is 10.5. The van der Waals surface area contributed by atoms with E-state index in [1.807, 2.05) is 12.2 Å². The molecule has 0 saturated carbocycles. The van der Waals surface area contributed by atoms with Gasteiger partial charge in [0.1, 0.15) is 6.04 Å². The number of nitrogens with zero attached hydrogens (tertiary/aromatic N) is 2. The second-order valence-corrected chi connectivity index (χ2v) is 8.91. The van der Waals surface area contributed by atoms with Crippen molar-refractivity contribution in [2.75, 3.05) is 13.1 Å². The fourth-order valence-corrected chi connectivity index (χ4v) is 4.65. The Morgan fingerprint density at radius 1 is 1.16 bits per heavy atom. The average Bonchev–Trinajstić information content (AvgIpc) is 3.01. The zero-order valence-electron chi connectivity index (χ0n) is 18.1. The third-order valence-electron chi connectivity index (χ3n) is 6.02. The molecular formula is C23H27Cl2N3O4. The Morgan fingerprint density at radius 3 is 2.34 bits per heavy atom. The monoisotopic (exact) mass is 479 g/mol. The number of benzene rings is 1. The van der Waals surface area contributed by atoms with Gasteiger partial charge in [-0.25, -0.2) is 0 Å². The molecule has 0 spiro atoms. The maximum Gasteiger partial charge on any atom is 0.242 e. The van der Waals surface area contributed by atoms with Gasteiger partial charge in [-0.15, -0.1) is 0 Å². The van der Waals surface area contributed by atoms with Gasteiger partial charge >= 0.3 is 0 Å². The number of amides is 4. The molecule has 1 aliphatic carbocycles. The first kappa shape index (κ1) is 24.3. The fourth-order valence-electron chi connectivity index (χ4n) is 4.18. The maximum absolute atomic E-state index is 13.2. The molecule has 32 heavy (non-hydrogen) atoms. The van der Waals surface area contributed by atoms with Crippen LogP contribution in [-0.4, -0.2) is 52.6 Å². The molecule has 3 rings (SSSR count). The third kappa shape index (κ3) is 5.15. The molecule has 1 heterocycles. The maximum atomic E-state index is 13.2. The van der Waals surface area contributed by atoms with Crippen molar-refractivity contribution in [1.29, 1.82) is 0 Å². The normalized spacial score (nSPS) is 20.8. The summed E-state index contributed by atoms with van der Waals surface area (Å²) in [6.45, 7) is 3.96. The first-order chi connectivity index (χ1) is 15.2. The van der Waals surface area contributed by atoms with Crippen LogP contribution in [0.4, 0.5) is 0 Å². The molecule has 9 heteroatoms. The van der Waals surface area contributed by atoms with Crippen LogP contribution in [0.25, 0.3) is 0 Å². The summed E-state index contributed by atoms with van der Waals surface area (Å²) in [7, 11) is 0. The molecule has 2 aliphatic rings. The number of halogens is 2. The number of likely N-dealkylation sites (tertiary alicyclic amines) is 1. The molecule has 0 aromatic heterocycles. The number of carbonyl (C=O) groups is 4. The van der Waals surface area contributed by atoms with Gasteiger partial charge in [0.2, 0.25) is 23.6 Å². The fraction of sp³-hybridized carbons (Fsp3) is 0.478. The zero-order valence-corrected chi connectivity index (χ0v) is 19.7. The lowest BCUT2D eigenvalue weighted by Crippen LogP contribution is -2.48. The number of likely N-dealkylation sites (N-methyl/N-ethyl adjacent to an activating group) is 1. The summed E-state index contributed by atoms with van der Waals surface area (Å²) in [6.07, 6.45) is 4.88. The first-order valence-corrected chi connectivity index (χ1v) is 11.5. The SMILES string of the molecule is CCNC(=O)[C@H](C)N(Cc1ccc(Cl)cc1Cl)C(=O)CCN1C(=O)[C@H]2CC=CC[C@H]2C1=O. The third-order valence-corrected chi connectivity index (χ3v) is 6.61. The minimum absolute atomic E-state index is 0.00351. The predicted molar refractivity (Wildman–Crippen MR) is 122 cm³/mol. The summed E-state index contributed by atoms with van der Waals surface area (Å²) in [5, 5.41) is 3.58. The van der Waals surface area contributed by atoms with Crippen molar-refractivity contribution in [2.45, 2.75) is 45.7 Å². The van der Waals surface area contributed by atoms with Crippen LogP contribution in [0.3, 0.4) is 0 Å². The predicted octanol–water partition coefficient (Wildman–Crippen LogP) is 3.19. The second-order valence-electron chi connectivity index (χ2n) is 8.06. The van der Waals surface area contributed by atoms with Crippen LogP contribution in [0.1, 0.15) is 38.7 Å². The van der Waals surface area contributed by atoms with E-state index in [9.17, 15) is 19.2 Å². The van der Waals surface area contributed by atoms with Crippen LogP contribution < -0.4 is 5.32 Å². The number of rotatable bonds is 8. The number of nitrogens with one attached hydrogen (secondary N) is 1. The molecule has 7 nitrogen and oxygen atoms in total. The molecular weight excluding hydrogens is 453 g/mol. The molecule has 1 aromatic carbocycles. The number of carbonyl (C=O) groups excluding carboxylic acids is 4. The minimum atomic E-state index is -0.758. The van der Waals surface area contributed by atoms with Crippen molar-refractivity contribution in [3.63, 3.8) is 0 Å². The van der Waals surface area contributed by atoms with Crippen molar-refractivity contribution < 1.29 is 19.2 Å². The van der Waals surface area contributed by atoms with Crippen LogP contribution in [0.5, 0.6) is 0 Å². The van der Waals surface area contributed by atoms with Gasteiger partial charge in [-0.1, -0.05) is 41.4 Å². The van der Waals surface area contributed by atoms with E-state index in [4.69, 9.17) is 23.2 Å². The van der Waals surface area contributed by atoms with Gasteiger partial charge in [-0.2, -0.15) is 0 Å². The lowest BCUT2D eigenvalue weighted by molar-refractivity contribution is -0.143. The number of allylic oxidation sites excluding steroid dienone is 2. The Kier molecular flexibility index (Phi) is 7.96. The Bertz CT molecular complexity index is 923. The molecule has 1 saturated heterocycles. The molecule has 3 atom stereocenters. The highest BCUT2D eigenvalue weighted by Gasteiger charge is 2.47. The topological polar surface area (TPSA) is 86.8 Å². The highest BCUT2D eigenvalue weighted by molar-refractivity contribution is 6.35. The Morgan fingerprint density at radius 2 is 1.78 bits per heavy atom. The van der Waals surface area contributed by atoms with E-state index in [0.717, 1.165) is 0 Å². The van der Waals surface area contributed by atoms with Crippen LogP contribution in [0.15, 0.2) is 30.4 Å². The highest BCUT2D eigenvalue weighted by atomic mass is 35.5. The van der Waals surface area contributed by atoms with Crippen LogP contribution in [0.2, 0.25) is 10.0 Å². The lowest BCUT2D eigenvalue weighted by Gasteiger charge is -2.29. The van der Waals surface area contributed by atoms with E-state index in [2.05, 4.69) is 5.32 Å². The van der Waals surface area contributed by atoms with Crippen molar-refractivity contribution in [1.82, 2.24) is 15.1 Å². The summed E-state index contributed by atoms with van der Waals surface area (Å²) >= 11 is 12.3. The standard InChI is InChI=1S/C23H27Cl2N3O4/c1-3-26-21(30)14(2)28(13-15-8-9-16(24)12-19(15)25)20(29)10-11-27-22(31)17-6-4-5-7-18(17)23(27)32/h4-5,8-9,12,14,17-18H,3,6-7,10-11,13H2,1-2H3,(H,26,30)/t14-,17-,18+/m0/s1. The summed E-state index contributed by atoms with van der Waals surface area (Å²) < 4.78 is 0. The van der Waals surface area contributed by atoms with Crippen molar-refractivity contribution in [2.24, 2.45) is 11.8 Å². The first-order valence-electron chi connectivity index (χ1n) is 10.8.